The van der Waals surface area contributed by atoms with E-state index in [0.29, 0.717) is 5.92 Å². The first kappa shape index (κ1) is 10.4. The Hall–Kier alpha value is -1.16. The summed E-state index contributed by atoms with van der Waals surface area (Å²) in [6, 6.07) is 4.18. The zero-order chi connectivity index (χ0) is 10.7. The molecule has 0 aliphatic rings. The number of thiophene rings is 1. The number of H-pyrrole nitrogens is 1. The van der Waals surface area contributed by atoms with E-state index in [0.717, 1.165) is 24.5 Å². The summed E-state index contributed by atoms with van der Waals surface area (Å²) in [6.45, 7) is 4.35. The monoisotopic (exact) mass is 221 g/mol. The van der Waals surface area contributed by atoms with Crippen LogP contribution in [0.4, 0.5) is 0 Å². The quantitative estimate of drug-likeness (QED) is 0.862. The smallest absolute Gasteiger partial charge is 0.150 e. The Kier molecular flexibility index (Phi) is 3.16. The molecule has 0 amide bonds. The van der Waals surface area contributed by atoms with Crippen molar-refractivity contribution >= 4 is 11.3 Å². The van der Waals surface area contributed by atoms with Gasteiger partial charge in [0.2, 0.25) is 0 Å². The molecule has 0 saturated heterocycles. The van der Waals surface area contributed by atoms with E-state index in [1.807, 2.05) is 0 Å². The van der Waals surface area contributed by atoms with Crippen molar-refractivity contribution in [1.82, 2.24) is 15.2 Å². The Morgan fingerprint density at radius 2 is 2.33 bits per heavy atom. The first-order valence-electron chi connectivity index (χ1n) is 5.16. The summed E-state index contributed by atoms with van der Waals surface area (Å²) in [6.07, 6.45) is 1.81. The lowest BCUT2D eigenvalue weighted by atomic mass is 10.1. The average Bonchev–Trinajstić information content (AvgIpc) is 2.77. The predicted octanol–water partition coefficient (Wildman–Crippen LogP) is 2.66. The SMILES string of the molecule is CC(C)Cc1n[nH]c(Cc2cccs2)n1. The zero-order valence-corrected chi connectivity index (χ0v) is 9.84. The molecule has 0 saturated carbocycles. The summed E-state index contributed by atoms with van der Waals surface area (Å²) in [5, 5.41) is 9.28. The van der Waals surface area contributed by atoms with Gasteiger partial charge >= 0.3 is 0 Å². The molecule has 1 N–H and O–H groups in total. The summed E-state index contributed by atoms with van der Waals surface area (Å²) in [7, 11) is 0. The molecule has 0 aliphatic heterocycles. The number of nitrogens with zero attached hydrogens (tertiary/aromatic N) is 2. The van der Waals surface area contributed by atoms with Crippen molar-refractivity contribution in [3.8, 4) is 0 Å². The molecule has 4 heteroatoms. The molecule has 2 heterocycles. The van der Waals surface area contributed by atoms with Gasteiger partial charge in [0.05, 0.1) is 0 Å². The fraction of sp³-hybridized carbons (Fsp3) is 0.455. The van der Waals surface area contributed by atoms with Gasteiger partial charge < -0.3 is 0 Å². The van der Waals surface area contributed by atoms with E-state index in [9.17, 15) is 0 Å². The topological polar surface area (TPSA) is 41.6 Å². The summed E-state index contributed by atoms with van der Waals surface area (Å²) in [5.41, 5.74) is 0. The minimum absolute atomic E-state index is 0.607. The van der Waals surface area contributed by atoms with Crippen LogP contribution in [0.1, 0.15) is 30.4 Å². The molecule has 0 radical (unpaired) electrons. The van der Waals surface area contributed by atoms with Crippen molar-refractivity contribution in [3.63, 3.8) is 0 Å². The molecule has 0 spiro atoms. The molecule has 2 aromatic rings. The number of nitrogens with one attached hydrogen (secondary N) is 1. The van der Waals surface area contributed by atoms with Gasteiger partial charge in [0.1, 0.15) is 5.82 Å². The number of rotatable bonds is 4. The Morgan fingerprint density at radius 1 is 1.47 bits per heavy atom. The van der Waals surface area contributed by atoms with Crippen LogP contribution in [0.2, 0.25) is 0 Å². The van der Waals surface area contributed by atoms with E-state index in [4.69, 9.17) is 0 Å². The van der Waals surface area contributed by atoms with Gasteiger partial charge in [-0.25, -0.2) is 4.98 Å². The maximum atomic E-state index is 4.47. The first-order chi connectivity index (χ1) is 7.24. The second kappa shape index (κ2) is 4.57. The highest BCUT2D eigenvalue weighted by Crippen LogP contribution is 2.12. The van der Waals surface area contributed by atoms with Crippen molar-refractivity contribution in [3.05, 3.63) is 34.0 Å². The molecule has 0 aromatic carbocycles. The molecule has 0 atom stereocenters. The molecule has 0 aliphatic carbocycles. The molecule has 0 bridgehead atoms. The molecule has 15 heavy (non-hydrogen) atoms. The lowest BCUT2D eigenvalue weighted by molar-refractivity contribution is 0.622. The largest absolute Gasteiger partial charge is 0.263 e. The normalized spacial score (nSPS) is 11.1. The fourth-order valence-electron chi connectivity index (χ4n) is 1.45. The van der Waals surface area contributed by atoms with Gasteiger partial charge in [-0.2, -0.15) is 5.10 Å². The lowest BCUT2D eigenvalue weighted by Crippen LogP contribution is -1.96. The van der Waals surface area contributed by atoms with Crippen LogP contribution in [0.3, 0.4) is 0 Å². The number of hydrogen-bond donors (Lipinski definition) is 1. The van der Waals surface area contributed by atoms with E-state index in [1.165, 1.54) is 4.88 Å². The molecule has 0 unspecified atom stereocenters. The summed E-state index contributed by atoms with van der Waals surface area (Å²) in [4.78, 5) is 5.79. The maximum absolute atomic E-state index is 4.47. The summed E-state index contributed by atoms with van der Waals surface area (Å²) >= 11 is 1.75. The molecular weight excluding hydrogens is 206 g/mol. The lowest BCUT2D eigenvalue weighted by Gasteiger charge is -1.97. The van der Waals surface area contributed by atoms with Crippen LogP contribution >= 0.6 is 11.3 Å². The summed E-state index contributed by atoms with van der Waals surface area (Å²) in [5.74, 6) is 2.50. The predicted molar refractivity (Wildman–Crippen MR) is 62.0 cm³/mol. The maximum Gasteiger partial charge on any atom is 0.150 e. The van der Waals surface area contributed by atoms with E-state index >= 15 is 0 Å². The number of aromatic nitrogens is 3. The van der Waals surface area contributed by atoms with Gasteiger partial charge in [-0.15, -0.1) is 11.3 Å². The van der Waals surface area contributed by atoms with E-state index in [2.05, 4.69) is 46.5 Å². The number of hydrogen-bond acceptors (Lipinski definition) is 3. The zero-order valence-electron chi connectivity index (χ0n) is 9.03. The van der Waals surface area contributed by atoms with Crippen LogP contribution < -0.4 is 0 Å². The van der Waals surface area contributed by atoms with Crippen LogP contribution in [0.25, 0.3) is 0 Å². The van der Waals surface area contributed by atoms with Gasteiger partial charge in [-0.05, 0) is 17.4 Å². The Bertz CT molecular complexity index is 403. The standard InChI is InChI=1S/C11H15N3S/c1-8(2)6-10-12-11(14-13-10)7-9-4-3-5-15-9/h3-5,8H,6-7H2,1-2H3,(H,12,13,14). The number of aromatic amines is 1. The van der Waals surface area contributed by atoms with Crippen LogP contribution in [-0.2, 0) is 12.8 Å². The van der Waals surface area contributed by atoms with Crippen molar-refractivity contribution in [1.29, 1.82) is 0 Å². The molecule has 80 valence electrons. The van der Waals surface area contributed by atoms with Crippen LogP contribution in [-0.4, -0.2) is 15.2 Å². The molecular formula is C11H15N3S. The van der Waals surface area contributed by atoms with Gasteiger partial charge in [0, 0.05) is 17.7 Å². The van der Waals surface area contributed by atoms with Crippen LogP contribution in [0, 0.1) is 5.92 Å². The molecule has 2 rings (SSSR count). The summed E-state index contributed by atoms with van der Waals surface area (Å²) < 4.78 is 0. The van der Waals surface area contributed by atoms with Gasteiger partial charge in [0.15, 0.2) is 5.82 Å². The Labute approximate surface area is 93.6 Å². The van der Waals surface area contributed by atoms with Gasteiger partial charge in [-0.1, -0.05) is 19.9 Å². The molecule has 0 fully saturated rings. The van der Waals surface area contributed by atoms with Crippen molar-refractivity contribution < 1.29 is 0 Å². The second-order valence-corrected chi connectivity index (χ2v) is 5.08. The Balaban J connectivity index is 2.01. The van der Waals surface area contributed by atoms with E-state index < -0.39 is 0 Å². The molecule has 2 aromatic heterocycles. The second-order valence-electron chi connectivity index (χ2n) is 4.05. The van der Waals surface area contributed by atoms with Crippen molar-refractivity contribution in [2.75, 3.05) is 0 Å². The van der Waals surface area contributed by atoms with E-state index in [1.54, 1.807) is 11.3 Å². The highest BCUT2D eigenvalue weighted by molar-refractivity contribution is 7.09. The minimum atomic E-state index is 0.607. The van der Waals surface area contributed by atoms with Gasteiger partial charge in [0.25, 0.3) is 0 Å². The third kappa shape index (κ3) is 2.89. The van der Waals surface area contributed by atoms with Crippen molar-refractivity contribution in [2.24, 2.45) is 5.92 Å². The average molecular weight is 221 g/mol. The van der Waals surface area contributed by atoms with Crippen LogP contribution in [0.5, 0.6) is 0 Å². The third-order valence-electron chi connectivity index (χ3n) is 2.09. The van der Waals surface area contributed by atoms with Gasteiger partial charge in [-0.3, -0.25) is 5.10 Å². The third-order valence-corrected chi connectivity index (χ3v) is 2.97. The minimum Gasteiger partial charge on any atom is -0.263 e. The van der Waals surface area contributed by atoms with Crippen LogP contribution in [0.15, 0.2) is 17.5 Å². The highest BCUT2D eigenvalue weighted by atomic mass is 32.1. The van der Waals surface area contributed by atoms with E-state index in [-0.39, 0.29) is 0 Å². The molecule has 3 nitrogen and oxygen atoms in total. The Morgan fingerprint density at radius 3 is 3.00 bits per heavy atom. The van der Waals surface area contributed by atoms with Crippen molar-refractivity contribution in [2.45, 2.75) is 26.7 Å². The fourth-order valence-corrected chi connectivity index (χ4v) is 2.16. The highest BCUT2D eigenvalue weighted by Gasteiger charge is 2.06. The first-order valence-corrected chi connectivity index (χ1v) is 6.04.